The van der Waals surface area contributed by atoms with Crippen molar-refractivity contribution in [2.24, 2.45) is 17.8 Å². The van der Waals surface area contributed by atoms with Crippen molar-refractivity contribution in [2.75, 3.05) is 0 Å². The molecule has 1 aromatic rings. The van der Waals surface area contributed by atoms with Crippen LogP contribution in [0, 0.1) is 17.8 Å². The highest BCUT2D eigenvalue weighted by molar-refractivity contribution is 5.62. The highest BCUT2D eigenvalue weighted by Gasteiger charge is 2.48. The highest BCUT2D eigenvalue weighted by Crippen LogP contribution is 2.60. The van der Waals surface area contributed by atoms with Crippen LogP contribution in [-0.2, 0) is 19.3 Å². The van der Waals surface area contributed by atoms with E-state index in [9.17, 15) is 0 Å². The first-order valence-electron chi connectivity index (χ1n) is 14.1. The largest absolute Gasteiger partial charge is 0.0533 e. The molecule has 0 spiro atoms. The summed E-state index contributed by atoms with van der Waals surface area (Å²) in [6, 6.07) is 0. The van der Waals surface area contributed by atoms with Crippen LogP contribution < -0.4 is 0 Å². The van der Waals surface area contributed by atoms with Crippen molar-refractivity contribution in [3.8, 4) is 0 Å². The van der Waals surface area contributed by atoms with Gasteiger partial charge in [0.25, 0.3) is 0 Å². The molecule has 0 heteroatoms. The van der Waals surface area contributed by atoms with Crippen molar-refractivity contribution >= 4 is 0 Å². The van der Waals surface area contributed by atoms with Crippen LogP contribution in [0.2, 0.25) is 0 Å². The fourth-order valence-electron chi connectivity index (χ4n) is 9.80. The van der Waals surface area contributed by atoms with Gasteiger partial charge in [0, 0.05) is 0 Å². The summed E-state index contributed by atoms with van der Waals surface area (Å²) in [7, 11) is 0. The Balaban J connectivity index is 1.43. The fourth-order valence-corrected chi connectivity index (χ4v) is 9.80. The summed E-state index contributed by atoms with van der Waals surface area (Å²) in [6.07, 6.45) is 27.2. The standard InChI is InChI=1S/C30H42/c1-4-10-19-16-25-28(22(19)13-7-1)26-17-20-11-5-2-9-15-24(20)30(26)27-18-21-12-6-3-8-14-23(21)29(25)27/h19-24H,1-18H2. The molecule has 3 saturated carbocycles. The van der Waals surface area contributed by atoms with E-state index in [4.69, 9.17) is 0 Å². The minimum atomic E-state index is 0.953. The third kappa shape index (κ3) is 2.70. The molecule has 0 N–H and O–H groups in total. The first-order chi connectivity index (χ1) is 14.9. The monoisotopic (exact) mass is 402 g/mol. The zero-order valence-corrected chi connectivity index (χ0v) is 19.2. The van der Waals surface area contributed by atoms with Crippen LogP contribution >= 0.6 is 0 Å². The van der Waals surface area contributed by atoms with Crippen LogP contribution in [0.25, 0.3) is 0 Å². The summed E-state index contributed by atoms with van der Waals surface area (Å²) < 4.78 is 0. The second-order valence-electron chi connectivity index (χ2n) is 12.3. The highest BCUT2D eigenvalue weighted by atomic mass is 14.5. The molecule has 6 unspecified atom stereocenters. The summed E-state index contributed by atoms with van der Waals surface area (Å²) >= 11 is 0. The van der Waals surface area contributed by atoms with Crippen molar-refractivity contribution in [1.29, 1.82) is 0 Å². The predicted molar refractivity (Wildman–Crippen MR) is 126 cm³/mol. The van der Waals surface area contributed by atoms with E-state index in [1.54, 1.807) is 0 Å². The van der Waals surface area contributed by atoms with Crippen molar-refractivity contribution < 1.29 is 0 Å². The Bertz CT molecular complexity index is 700. The zero-order valence-electron chi connectivity index (χ0n) is 19.2. The Morgan fingerprint density at radius 1 is 0.333 bits per heavy atom. The molecule has 0 nitrogen and oxygen atoms in total. The maximum Gasteiger partial charge on any atom is -0.0125 e. The van der Waals surface area contributed by atoms with E-state index < -0.39 is 0 Å². The van der Waals surface area contributed by atoms with Gasteiger partial charge >= 0.3 is 0 Å². The van der Waals surface area contributed by atoms with Crippen LogP contribution in [0.4, 0.5) is 0 Å². The van der Waals surface area contributed by atoms with Gasteiger partial charge in [-0.05, 0) is 127 Å². The lowest BCUT2D eigenvalue weighted by Gasteiger charge is -2.24. The Kier molecular flexibility index (Phi) is 4.62. The quantitative estimate of drug-likeness (QED) is 0.409. The maximum absolute atomic E-state index is 2.01. The lowest BCUT2D eigenvalue weighted by atomic mass is 9.80. The van der Waals surface area contributed by atoms with Crippen LogP contribution in [0.15, 0.2) is 0 Å². The Morgan fingerprint density at radius 3 is 0.967 bits per heavy atom. The molecule has 0 aliphatic heterocycles. The maximum atomic E-state index is 2.01. The van der Waals surface area contributed by atoms with E-state index >= 15 is 0 Å². The van der Waals surface area contributed by atoms with Crippen LogP contribution in [0.1, 0.15) is 147 Å². The summed E-state index contributed by atoms with van der Waals surface area (Å²) in [5.41, 5.74) is 12.0. The molecule has 3 fully saturated rings. The van der Waals surface area contributed by atoms with Gasteiger partial charge in [0.2, 0.25) is 0 Å². The summed E-state index contributed by atoms with van der Waals surface area (Å²) in [6.45, 7) is 0. The normalized spacial score (nSPS) is 39.6. The van der Waals surface area contributed by atoms with E-state index in [1.807, 2.05) is 33.4 Å². The molecule has 0 saturated heterocycles. The third-order valence-corrected chi connectivity index (χ3v) is 10.9. The molecule has 0 aromatic heterocycles. The van der Waals surface area contributed by atoms with E-state index in [0.29, 0.717) is 0 Å². The Hall–Kier alpha value is -0.780. The summed E-state index contributed by atoms with van der Waals surface area (Å²) in [4.78, 5) is 0. The van der Waals surface area contributed by atoms with Gasteiger partial charge in [-0.25, -0.2) is 0 Å². The predicted octanol–water partition coefficient (Wildman–Crippen LogP) is 8.35. The van der Waals surface area contributed by atoms with E-state index in [1.165, 1.54) is 116 Å². The van der Waals surface area contributed by atoms with Crippen LogP contribution in [0.3, 0.4) is 0 Å². The number of fused-ring (bicyclic) bond motifs is 12. The molecular formula is C30H42. The lowest BCUT2D eigenvalue weighted by molar-refractivity contribution is 0.422. The first-order valence-corrected chi connectivity index (χ1v) is 14.1. The van der Waals surface area contributed by atoms with E-state index in [2.05, 4.69) is 0 Å². The Morgan fingerprint density at radius 2 is 0.633 bits per heavy atom. The molecule has 0 heterocycles. The molecule has 0 radical (unpaired) electrons. The topological polar surface area (TPSA) is 0 Å². The summed E-state index contributed by atoms with van der Waals surface area (Å²) in [5.74, 6) is 5.88. The average Bonchev–Trinajstić information content (AvgIpc) is 3.16. The molecule has 6 aliphatic carbocycles. The molecule has 6 aliphatic rings. The molecular weight excluding hydrogens is 360 g/mol. The second-order valence-corrected chi connectivity index (χ2v) is 12.3. The smallest absolute Gasteiger partial charge is 0.0125 e. The molecule has 0 amide bonds. The van der Waals surface area contributed by atoms with Gasteiger partial charge in [-0.3, -0.25) is 0 Å². The summed E-state index contributed by atoms with van der Waals surface area (Å²) in [5, 5.41) is 0. The van der Waals surface area contributed by atoms with Gasteiger partial charge in [-0.2, -0.15) is 0 Å². The van der Waals surface area contributed by atoms with Gasteiger partial charge in [0.15, 0.2) is 0 Å². The Labute approximate surface area is 184 Å². The van der Waals surface area contributed by atoms with Gasteiger partial charge in [-0.1, -0.05) is 57.8 Å². The van der Waals surface area contributed by atoms with Crippen LogP contribution in [-0.4, -0.2) is 0 Å². The molecule has 1 aromatic carbocycles. The number of hydrogen-bond acceptors (Lipinski definition) is 0. The van der Waals surface area contributed by atoms with Crippen molar-refractivity contribution in [3.63, 3.8) is 0 Å². The molecule has 7 rings (SSSR count). The van der Waals surface area contributed by atoms with Crippen molar-refractivity contribution in [3.05, 3.63) is 33.4 Å². The SMILES string of the molecule is C1CCC2Cc3c(c4c(c5c3C3CCCCCC3C5)C3CCCCCC3C4)C2CC1. The minimum absolute atomic E-state index is 0.953. The third-order valence-electron chi connectivity index (χ3n) is 10.9. The van der Waals surface area contributed by atoms with E-state index in [-0.39, 0.29) is 0 Å². The lowest BCUT2D eigenvalue weighted by Crippen LogP contribution is -2.09. The molecule has 0 bridgehead atoms. The molecule has 30 heavy (non-hydrogen) atoms. The second kappa shape index (κ2) is 7.38. The first kappa shape index (κ1) is 18.8. The van der Waals surface area contributed by atoms with Crippen molar-refractivity contribution in [1.82, 2.24) is 0 Å². The number of rotatable bonds is 0. The average molecular weight is 403 g/mol. The van der Waals surface area contributed by atoms with Gasteiger partial charge < -0.3 is 0 Å². The van der Waals surface area contributed by atoms with Gasteiger partial charge in [0.1, 0.15) is 0 Å². The minimum Gasteiger partial charge on any atom is -0.0533 e. The van der Waals surface area contributed by atoms with E-state index in [0.717, 1.165) is 35.5 Å². The van der Waals surface area contributed by atoms with Crippen molar-refractivity contribution in [2.45, 2.75) is 133 Å². The van der Waals surface area contributed by atoms with Gasteiger partial charge in [-0.15, -0.1) is 0 Å². The number of benzene rings is 1. The number of hydrogen-bond donors (Lipinski definition) is 0. The molecule has 162 valence electrons. The van der Waals surface area contributed by atoms with Gasteiger partial charge in [0.05, 0.1) is 0 Å². The zero-order chi connectivity index (χ0) is 19.7. The molecule has 6 atom stereocenters. The van der Waals surface area contributed by atoms with Crippen LogP contribution in [0.5, 0.6) is 0 Å². The fraction of sp³-hybridized carbons (Fsp3) is 0.800.